The van der Waals surface area contributed by atoms with E-state index in [4.69, 9.17) is 9.15 Å². The van der Waals surface area contributed by atoms with Gasteiger partial charge in [0.1, 0.15) is 17.6 Å². The maximum atomic E-state index is 13.9. The molecule has 2 aliphatic heterocycles. The molecule has 10 nitrogen and oxygen atoms in total. The number of thioether (sulfide) groups is 1. The number of furan rings is 1. The molecule has 45 heavy (non-hydrogen) atoms. The van der Waals surface area contributed by atoms with Gasteiger partial charge in [0.25, 0.3) is 0 Å². The number of amides is 3. The Hall–Kier alpha value is -4.63. The highest BCUT2D eigenvalue weighted by Gasteiger charge is 2.57. The van der Waals surface area contributed by atoms with Crippen LogP contribution in [0.3, 0.4) is 0 Å². The molecule has 1 saturated heterocycles. The fourth-order valence-electron chi connectivity index (χ4n) is 5.42. The van der Waals surface area contributed by atoms with E-state index >= 15 is 0 Å². The third-order valence-electron chi connectivity index (χ3n) is 7.34. The Kier molecular flexibility index (Phi) is 7.91. The van der Waals surface area contributed by atoms with Crippen LogP contribution < -0.4 is 15.1 Å². The molecule has 15 heteroatoms. The van der Waals surface area contributed by atoms with Gasteiger partial charge in [0.05, 0.1) is 57.1 Å². The van der Waals surface area contributed by atoms with Gasteiger partial charge in [-0.15, -0.1) is 0 Å². The van der Waals surface area contributed by atoms with E-state index in [0.717, 1.165) is 44.7 Å². The predicted octanol–water partition coefficient (Wildman–Crippen LogP) is 5.13. The van der Waals surface area contributed by atoms with Crippen molar-refractivity contribution in [2.45, 2.75) is 35.8 Å². The Labute approximate surface area is 260 Å². The minimum Gasteiger partial charge on any atom is -0.469 e. The average Bonchev–Trinajstić information content (AvgIpc) is 3.70. The van der Waals surface area contributed by atoms with E-state index in [9.17, 15) is 37.1 Å². The molecule has 2 aliphatic rings. The third-order valence-corrected chi connectivity index (χ3v) is 9.95. The van der Waals surface area contributed by atoms with Crippen molar-refractivity contribution in [3.05, 3.63) is 98.4 Å². The number of carbonyl (C=O) groups excluding carboxylic acids is 4. The number of hydrogen-bond acceptors (Lipinski definition) is 9. The number of nitrogens with one attached hydrogen (secondary N) is 1. The van der Waals surface area contributed by atoms with Crippen molar-refractivity contribution < 1.29 is 41.5 Å². The summed E-state index contributed by atoms with van der Waals surface area (Å²) in [5.41, 5.74) is -1.04. The number of imide groups is 1. The van der Waals surface area contributed by atoms with E-state index in [2.05, 4.69) is 5.32 Å². The van der Waals surface area contributed by atoms with Gasteiger partial charge in [0.2, 0.25) is 17.7 Å². The molecule has 4 heterocycles. The summed E-state index contributed by atoms with van der Waals surface area (Å²) in [5, 5.41) is 1.46. The normalized spacial score (nSPS) is 19.3. The van der Waals surface area contributed by atoms with Gasteiger partial charge in [-0.25, -0.2) is 9.69 Å². The molecule has 3 atom stereocenters. The number of halogens is 3. The van der Waals surface area contributed by atoms with Crippen molar-refractivity contribution in [1.29, 1.82) is 0 Å². The summed E-state index contributed by atoms with van der Waals surface area (Å²) in [6.07, 6.45) is -3.33. The quantitative estimate of drug-likeness (QED) is 0.214. The van der Waals surface area contributed by atoms with Crippen molar-refractivity contribution in [2.75, 3.05) is 16.8 Å². The summed E-state index contributed by atoms with van der Waals surface area (Å²) in [4.78, 5) is 66.8. The Balaban J connectivity index is 1.33. The van der Waals surface area contributed by atoms with Crippen LogP contribution in [-0.4, -0.2) is 40.1 Å². The van der Waals surface area contributed by atoms with E-state index in [1.54, 1.807) is 19.1 Å². The van der Waals surface area contributed by atoms with Crippen LogP contribution in [0, 0.1) is 5.92 Å². The monoisotopic (exact) mass is 657 g/mol. The smallest absolute Gasteiger partial charge is 0.418 e. The van der Waals surface area contributed by atoms with Crippen LogP contribution >= 0.6 is 23.1 Å². The number of esters is 1. The molecule has 2 aromatic heterocycles. The SMILES string of the molecule is CCOC(=O)c1ccc(N2C(=O)[C@H]3[C@H](c4ccco4)c4sc(=O)n(CC(=O)Nc5ccccc5C(F)(F)F)c4S[C@H]3C2=O)cc1. The second-order valence-electron chi connectivity index (χ2n) is 10.1. The maximum absolute atomic E-state index is 13.9. The van der Waals surface area contributed by atoms with Crippen molar-refractivity contribution in [3.63, 3.8) is 0 Å². The molecule has 0 unspecified atom stereocenters. The van der Waals surface area contributed by atoms with Crippen molar-refractivity contribution in [3.8, 4) is 0 Å². The molecule has 0 radical (unpaired) electrons. The van der Waals surface area contributed by atoms with Gasteiger partial charge >= 0.3 is 17.0 Å². The molecule has 6 rings (SSSR count). The first-order chi connectivity index (χ1) is 21.5. The largest absolute Gasteiger partial charge is 0.469 e. The lowest BCUT2D eigenvalue weighted by Gasteiger charge is -2.29. The number of hydrogen-bond donors (Lipinski definition) is 1. The highest BCUT2D eigenvalue weighted by molar-refractivity contribution is 8.00. The van der Waals surface area contributed by atoms with E-state index in [1.807, 2.05) is 0 Å². The molecule has 4 aromatic rings. The molecule has 0 spiro atoms. The van der Waals surface area contributed by atoms with Crippen LogP contribution in [0.4, 0.5) is 24.5 Å². The molecule has 3 amide bonds. The minimum absolute atomic E-state index is 0.177. The number of nitrogens with zero attached hydrogens (tertiary/aromatic N) is 2. The van der Waals surface area contributed by atoms with Gasteiger partial charge in [-0.1, -0.05) is 35.2 Å². The predicted molar refractivity (Wildman–Crippen MR) is 157 cm³/mol. The van der Waals surface area contributed by atoms with Crippen LogP contribution in [0.15, 0.2) is 81.2 Å². The van der Waals surface area contributed by atoms with Crippen molar-refractivity contribution in [2.24, 2.45) is 5.92 Å². The van der Waals surface area contributed by atoms with Crippen molar-refractivity contribution in [1.82, 2.24) is 4.57 Å². The van der Waals surface area contributed by atoms with Crippen molar-refractivity contribution >= 4 is 58.2 Å². The highest BCUT2D eigenvalue weighted by atomic mass is 32.2. The Morgan fingerprint density at radius 2 is 1.73 bits per heavy atom. The number of aromatic nitrogens is 1. The van der Waals surface area contributed by atoms with Gasteiger partial charge in [0, 0.05) is 0 Å². The average molecular weight is 658 g/mol. The number of para-hydroxylation sites is 1. The van der Waals surface area contributed by atoms with Gasteiger partial charge in [-0.05, 0) is 55.5 Å². The van der Waals surface area contributed by atoms with Gasteiger partial charge < -0.3 is 14.5 Å². The molecule has 2 aromatic carbocycles. The van der Waals surface area contributed by atoms with Crippen LogP contribution in [0.1, 0.15) is 39.4 Å². The topological polar surface area (TPSA) is 128 Å². The molecular weight excluding hydrogens is 635 g/mol. The number of ether oxygens (including phenoxy) is 1. The van der Waals surface area contributed by atoms with Crippen LogP contribution in [0.2, 0.25) is 0 Å². The Bertz CT molecular complexity index is 1870. The summed E-state index contributed by atoms with van der Waals surface area (Å²) in [7, 11) is 0. The summed E-state index contributed by atoms with van der Waals surface area (Å²) < 4.78 is 52.2. The van der Waals surface area contributed by atoms with Crippen LogP contribution in [-0.2, 0) is 31.8 Å². The molecule has 1 N–H and O–H groups in total. The van der Waals surface area contributed by atoms with Gasteiger partial charge in [0.15, 0.2) is 0 Å². The number of benzene rings is 2. The lowest BCUT2D eigenvalue weighted by Crippen LogP contribution is -2.32. The molecule has 0 aliphatic carbocycles. The van der Waals surface area contributed by atoms with Gasteiger partial charge in [-0.2, -0.15) is 13.2 Å². The summed E-state index contributed by atoms with van der Waals surface area (Å²) in [6.45, 7) is 1.21. The molecule has 0 bridgehead atoms. The second-order valence-corrected chi connectivity index (χ2v) is 12.2. The third kappa shape index (κ3) is 5.46. The number of anilines is 2. The highest BCUT2D eigenvalue weighted by Crippen LogP contribution is 2.54. The lowest BCUT2D eigenvalue weighted by atomic mass is 9.87. The standard InChI is InChI=1S/C30H22F3N3O7S2/c1-2-42-28(40)15-9-11-16(12-10-15)36-25(38)22-21(19-8-5-13-43-19)24-27(44-23(22)26(36)39)35(29(41)45-24)14-20(37)34-18-7-4-3-6-17(18)30(31,32)33/h3-13,21-23H,2,14H2,1H3,(H,34,37)/t21-,22-,23+/m0/s1. The fourth-order valence-corrected chi connectivity index (χ4v) is 8.17. The summed E-state index contributed by atoms with van der Waals surface area (Å²) >= 11 is 1.71. The summed E-state index contributed by atoms with van der Waals surface area (Å²) in [5.74, 6) is -4.05. The van der Waals surface area contributed by atoms with E-state index in [-0.39, 0.29) is 22.9 Å². The second kappa shape index (κ2) is 11.7. The number of carbonyl (C=O) groups is 4. The zero-order valence-corrected chi connectivity index (χ0v) is 24.8. The van der Waals surface area contributed by atoms with E-state index in [1.165, 1.54) is 42.7 Å². The zero-order valence-electron chi connectivity index (χ0n) is 23.2. The lowest BCUT2D eigenvalue weighted by molar-refractivity contribution is -0.137. The van der Waals surface area contributed by atoms with Gasteiger partial charge in [-0.3, -0.25) is 23.7 Å². The van der Waals surface area contributed by atoms with E-state index < -0.39 is 69.6 Å². The minimum atomic E-state index is -4.72. The number of thiazole rings is 1. The van der Waals surface area contributed by atoms with E-state index in [0.29, 0.717) is 10.6 Å². The van der Waals surface area contributed by atoms with Crippen LogP contribution in [0.5, 0.6) is 0 Å². The molecule has 232 valence electrons. The zero-order chi connectivity index (χ0) is 32.0. The maximum Gasteiger partial charge on any atom is 0.418 e. The number of rotatable bonds is 7. The first kappa shape index (κ1) is 30.4. The molecule has 1 fully saturated rings. The molecule has 0 saturated carbocycles. The Morgan fingerprint density at radius 3 is 2.40 bits per heavy atom. The first-order valence-corrected chi connectivity index (χ1v) is 15.2. The van der Waals surface area contributed by atoms with Crippen LogP contribution in [0.25, 0.3) is 0 Å². The fraction of sp³-hybridized carbons (Fsp3) is 0.233. The molecular formula is C30H22F3N3O7S2. The Morgan fingerprint density at radius 1 is 1.00 bits per heavy atom. The number of fused-ring (bicyclic) bond motifs is 2. The first-order valence-electron chi connectivity index (χ1n) is 13.5. The summed E-state index contributed by atoms with van der Waals surface area (Å²) in [6, 6.07) is 13.5. The number of alkyl halides is 3.